The lowest BCUT2D eigenvalue weighted by molar-refractivity contribution is -0.140. The zero-order valence-electron chi connectivity index (χ0n) is 23.4. The highest BCUT2D eigenvalue weighted by molar-refractivity contribution is 7.92. The number of hydrogen-bond acceptors (Lipinski definition) is 4. The fourth-order valence-corrected chi connectivity index (χ4v) is 6.11. The monoisotopic (exact) mass is 621 g/mol. The Morgan fingerprint density at radius 1 is 0.927 bits per heavy atom. The van der Waals surface area contributed by atoms with Gasteiger partial charge in [-0.05, 0) is 74.7 Å². The zero-order valence-corrected chi connectivity index (χ0v) is 25.7. The zero-order chi connectivity index (χ0) is 30.3. The van der Waals surface area contributed by atoms with Gasteiger partial charge in [-0.2, -0.15) is 0 Å². The van der Waals surface area contributed by atoms with Crippen molar-refractivity contribution in [2.75, 3.05) is 10.8 Å². The number of amides is 2. The van der Waals surface area contributed by atoms with E-state index in [-0.39, 0.29) is 45.5 Å². The summed E-state index contributed by atoms with van der Waals surface area (Å²) in [6.45, 7) is 6.70. The van der Waals surface area contributed by atoms with Gasteiger partial charge in [0.25, 0.3) is 10.0 Å². The van der Waals surface area contributed by atoms with Gasteiger partial charge in [0.15, 0.2) is 0 Å². The molecule has 220 valence electrons. The Morgan fingerprint density at radius 2 is 1.51 bits per heavy atom. The van der Waals surface area contributed by atoms with Gasteiger partial charge in [-0.3, -0.25) is 13.9 Å². The largest absolute Gasteiger partial charge is 0.352 e. The van der Waals surface area contributed by atoms with E-state index in [0.29, 0.717) is 12.0 Å². The summed E-state index contributed by atoms with van der Waals surface area (Å²) in [5.74, 6) is -1.44. The summed E-state index contributed by atoms with van der Waals surface area (Å²) in [7, 11) is -4.27. The molecule has 7 nitrogen and oxygen atoms in total. The first kappa shape index (κ1) is 32.4. The standard InChI is InChI=1S/C30H34Cl2FN3O4S/c1-5-21(4)34-30(38)28(6-2)35(18-22-9-11-25(33)12-10-22)29(37)19-36(26-16-23(31)15-24(32)17-26)41(39,40)27-13-7-20(3)8-14-27/h7-17,21,28H,5-6,18-19H2,1-4H3,(H,34,38)/t21-,28-/m0/s1. The second kappa shape index (κ2) is 14.2. The van der Waals surface area contributed by atoms with Crippen LogP contribution < -0.4 is 9.62 Å². The normalized spacial score (nSPS) is 12.9. The molecule has 1 N–H and O–H groups in total. The summed E-state index contributed by atoms with van der Waals surface area (Å²) in [6.07, 6.45) is 0.953. The van der Waals surface area contributed by atoms with E-state index in [1.807, 2.05) is 20.8 Å². The minimum atomic E-state index is -4.27. The van der Waals surface area contributed by atoms with Gasteiger partial charge < -0.3 is 10.2 Å². The highest BCUT2D eigenvalue weighted by Gasteiger charge is 2.34. The maximum absolute atomic E-state index is 14.1. The van der Waals surface area contributed by atoms with Crippen molar-refractivity contribution in [3.63, 3.8) is 0 Å². The lowest BCUT2D eigenvalue weighted by atomic mass is 10.1. The molecule has 41 heavy (non-hydrogen) atoms. The van der Waals surface area contributed by atoms with Crippen molar-refractivity contribution in [3.8, 4) is 0 Å². The molecule has 3 aromatic rings. The summed E-state index contributed by atoms with van der Waals surface area (Å²) in [5.41, 5.74) is 1.53. The van der Waals surface area contributed by atoms with Crippen LogP contribution in [0.2, 0.25) is 10.0 Å². The Morgan fingerprint density at radius 3 is 2.05 bits per heavy atom. The molecule has 3 rings (SSSR count). The first-order valence-corrected chi connectivity index (χ1v) is 15.4. The van der Waals surface area contributed by atoms with E-state index in [9.17, 15) is 22.4 Å². The molecule has 0 aliphatic heterocycles. The average molecular weight is 623 g/mol. The van der Waals surface area contributed by atoms with Gasteiger partial charge in [0.1, 0.15) is 18.4 Å². The average Bonchev–Trinajstić information content (AvgIpc) is 2.92. The maximum atomic E-state index is 14.1. The molecule has 0 saturated heterocycles. The van der Waals surface area contributed by atoms with Gasteiger partial charge in [-0.25, -0.2) is 12.8 Å². The van der Waals surface area contributed by atoms with E-state index in [2.05, 4.69) is 5.32 Å². The molecule has 0 aliphatic carbocycles. The Hall–Kier alpha value is -3.14. The van der Waals surface area contributed by atoms with Crippen molar-refractivity contribution in [1.29, 1.82) is 0 Å². The fourth-order valence-electron chi connectivity index (χ4n) is 4.20. The number of nitrogens with one attached hydrogen (secondary N) is 1. The van der Waals surface area contributed by atoms with Crippen molar-refractivity contribution in [2.24, 2.45) is 0 Å². The topological polar surface area (TPSA) is 86.8 Å². The number of halogens is 3. The van der Waals surface area contributed by atoms with E-state index >= 15 is 0 Å². The van der Waals surface area contributed by atoms with Gasteiger partial charge >= 0.3 is 0 Å². The van der Waals surface area contributed by atoms with Crippen LogP contribution in [0.4, 0.5) is 10.1 Å². The lowest BCUT2D eigenvalue weighted by Gasteiger charge is -2.33. The molecule has 0 radical (unpaired) electrons. The summed E-state index contributed by atoms with van der Waals surface area (Å²) in [6, 6.07) is 15.0. The molecule has 0 bridgehead atoms. The first-order valence-electron chi connectivity index (χ1n) is 13.3. The van der Waals surface area contributed by atoms with Crippen LogP contribution in [0.25, 0.3) is 0 Å². The van der Waals surface area contributed by atoms with E-state index in [1.54, 1.807) is 19.1 Å². The lowest BCUT2D eigenvalue weighted by Crippen LogP contribution is -2.53. The number of aryl methyl sites for hydroxylation is 1. The molecular formula is C30H34Cl2FN3O4S. The summed E-state index contributed by atoms with van der Waals surface area (Å²) in [5, 5.41) is 3.29. The first-order chi connectivity index (χ1) is 19.3. The smallest absolute Gasteiger partial charge is 0.264 e. The fraction of sp³-hybridized carbons (Fsp3) is 0.333. The quantitative estimate of drug-likeness (QED) is 0.255. The molecule has 0 aromatic heterocycles. The third kappa shape index (κ3) is 8.44. The van der Waals surface area contributed by atoms with Crippen molar-refractivity contribution < 1.29 is 22.4 Å². The Labute approximate surface area is 251 Å². The minimum Gasteiger partial charge on any atom is -0.352 e. The minimum absolute atomic E-state index is 0.0290. The summed E-state index contributed by atoms with van der Waals surface area (Å²) >= 11 is 12.4. The number of carbonyl (C=O) groups is 2. The Balaban J connectivity index is 2.09. The van der Waals surface area contributed by atoms with E-state index in [4.69, 9.17) is 23.2 Å². The van der Waals surface area contributed by atoms with Crippen molar-refractivity contribution in [2.45, 2.75) is 64.1 Å². The second-order valence-electron chi connectivity index (χ2n) is 9.84. The number of anilines is 1. The van der Waals surface area contributed by atoms with Gasteiger partial charge in [-0.15, -0.1) is 0 Å². The summed E-state index contributed by atoms with van der Waals surface area (Å²) in [4.78, 5) is 28.7. The molecule has 3 aromatic carbocycles. The molecule has 2 atom stereocenters. The molecule has 0 heterocycles. The summed E-state index contributed by atoms with van der Waals surface area (Å²) < 4.78 is 42.4. The van der Waals surface area contributed by atoms with Gasteiger partial charge in [0.2, 0.25) is 11.8 Å². The second-order valence-corrected chi connectivity index (χ2v) is 12.6. The number of nitrogens with zero attached hydrogens (tertiary/aromatic N) is 2. The molecular weight excluding hydrogens is 588 g/mol. The highest BCUT2D eigenvalue weighted by Crippen LogP contribution is 2.30. The Kier molecular flexibility index (Phi) is 11.2. The Bertz CT molecular complexity index is 1450. The van der Waals surface area contributed by atoms with Crippen LogP contribution in [0.3, 0.4) is 0 Å². The van der Waals surface area contributed by atoms with Crippen LogP contribution in [0.1, 0.15) is 44.7 Å². The maximum Gasteiger partial charge on any atom is 0.264 e. The number of rotatable bonds is 12. The van der Waals surface area contributed by atoms with E-state index in [0.717, 1.165) is 9.87 Å². The number of sulfonamides is 1. The third-order valence-electron chi connectivity index (χ3n) is 6.68. The number of hydrogen-bond donors (Lipinski definition) is 1. The number of benzene rings is 3. The molecule has 0 spiro atoms. The molecule has 0 fully saturated rings. The molecule has 0 aliphatic rings. The molecule has 11 heteroatoms. The highest BCUT2D eigenvalue weighted by atomic mass is 35.5. The van der Waals surface area contributed by atoms with Crippen LogP contribution in [0, 0.1) is 12.7 Å². The van der Waals surface area contributed by atoms with Gasteiger partial charge in [-0.1, -0.05) is 66.9 Å². The van der Waals surface area contributed by atoms with Crippen molar-refractivity contribution in [1.82, 2.24) is 10.2 Å². The van der Waals surface area contributed by atoms with Gasteiger partial charge in [0.05, 0.1) is 10.6 Å². The van der Waals surface area contributed by atoms with Gasteiger partial charge in [0, 0.05) is 22.6 Å². The van der Waals surface area contributed by atoms with Crippen LogP contribution >= 0.6 is 23.2 Å². The van der Waals surface area contributed by atoms with Crippen LogP contribution in [0.15, 0.2) is 71.6 Å². The van der Waals surface area contributed by atoms with E-state index in [1.165, 1.54) is 59.5 Å². The van der Waals surface area contributed by atoms with Crippen LogP contribution in [-0.2, 0) is 26.2 Å². The van der Waals surface area contributed by atoms with Crippen molar-refractivity contribution >= 4 is 50.7 Å². The molecule has 0 unspecified atom stereocenters. The SMILES string of the molecule is CC[C@H](C)NC(=O)[C@H](CC)N(Cc1ccc(F)cc1)C(=O)CN(c1cc(Cl)cc(Cl)c1)S(=O)(=O)c1ccc(C)cc1. The third-order valence-corrected chi connectivity index (χ3v) is 8.90. The predicted molar refractivity (Wildman–Crippen MR) is 161 cm³/mol. The predicted octanol–water partition coefficient (Wildman–Crippen LogP) is 6.36. The molecule has 0 saturated carbocycles. The number of carbonyl (C=O) groups excluding carboxylic acids is 2. The van der Waals surface area contributed by atoms with Crippen LogP contribution in [-0.4, -0.2) is 43.8 Å². The van der Waals surface area contributed by atoms with E-state index < -0.39 is 34.3 Å². The van der Waals surface area contributed by atoms with Crippen molar-refractivity contribution in [3.05, 3.63) is 93.7 Å². The van der Waals surface area contributed by atoms with Crippen LogP contribution in [0.5, 0.6) is 0 Å². The molecule has 2 amide bonds.